The molecule has 0 aromatic carbocycles. The van der Waals surface area contributed by atoms with Crippen molar-refractivity contribution >= 4 is 29.7 Å². The van der Waals surface area contributed by atoms with Crippen LogP contribution >= 0.6 is 11.8 Å². The summed E-state index contributed by atoms with van der Waals surface area (Å²) in [6.45, 7) is 9.01. The Kier molecular flexibility index (Phi) is 9.80. The first-order valence-corrected chi connectivity index (χ1v) is 9.49. The average Bonchev–Trinajstić information content (AvgIpc) is 2.45. The maximum Gasteiger partial charge on any atom is 0.408 e. The standard InChI is InChI=1S/C16H31N3O4S/c1-7-10(2)12(19-15(22)23-16(3,4)5)14(21)18-11(13(17)20)8-9-24-6/h10-12H,7-9H2,1-6H3,(H2,17,20)(H,18,21)(H,19,22)/t10-,11-,12+/m0/s1. The van der Waals surface area contributed by atoms with E-state index in [1.54, 1.807) is 32.5 Å². The Balaban J connectivity index is 4.99. The molecule has 0 aromatic heterocycles. The van der Waals surface area contributed by atoms with Gasteiger partial charge in [-0.1, -0.05) is 20.3 Å². The van der Waals surface area contributed by atoms with Crippen molar-refractivity contribution in [3.05, 3.63) is 0 Å². The summed E-state index contributed by atoms with van der Waals surface area (Å²) in [5.74, 6) is -0.439. The summed E-state index contributed by atoms with van der Waals surface area (Å²) in [6, 6.07) is -1.54. The lowest BCUT2D eigenvalue weighted by Gasteiger charge is -2.27. The number of hydrogen-bond acceptors (Lipinski definition) is 5. The normalized spacial score (nSPS) is 15.1. The first-order valence-electron chi connectivity index (χ1n) is 8.10. The maximum absolute atomic E-state index is 12.5. The van der Waals surface area contributed by atoms with Crippen molar-refractivity contribution in [3.8, 4) is 0 Å². The maximum atomic E-state index is 12.5. The van der Waals surface area contributed by atoms with E-state index < -0.39 is 35.6 Å². The molecule has 0 aliphatic heterocycles. The molecule has 0 aliphatic carbocycles. The van der Waals surface area contributed by atoms with Crippen LogP contribution in [0.3, 0.4) is 0 Å². The van der Waals surface area contributed by atoms with E-state index in [2.05, 4.69) is 10.6 Å². The highest BCUT2D eigenvalue weighted by Gasteiger charge is 2.30. The van der Waals surface area contributed by atoms with Crippen LogP contribution < -0.4 is 16.4 Å². The van der Waals surface area contributed by atoms with E-state index in [9.17, 15) is 14.4 Å². The van der Waals surface area contributed by atoms with Crippen molar-refractivity contribution < 1.29 is 19.1 Å². The summed E-state index contributed by atoms with van der Waals surface area (Å²) in [6.07, 6.45) is 2.37. The topological polar surface area (TPSA) is 111 Å². The van der Waals surface area contributed by atoms with Crippen LogP contribution in [0.25, 0.3) is 0 Å². The number of carbonyl (C=O) groups excluding carboxylic acids is 3. The van der Waals surface area contributed by atoms with Gasteiger partial charge in [0.05, 0.1) is 0 Å². The zero-order valence-electron chi connectivity index (χ0n) is 15.5. The van der Waals surface area contributed by atoms with Crippen molar-refractivity contribution in [3.63, 3.8) is 0 Å². The number of hydrogen-bond donors (Lipinski definition) is 3. The van der Waals surface area contributed by atoms with Crippen LogP contribution in [0.15, 0.2) is 0 Å². The number of ether oxygens (including phenoxy) is 1. The molecule has 7 nitrogen and oxygen atoms in total. The van der Waals surface area contributed by atoms with E-state index >= 15 is 0 Å². The number of carbonyl (C=O) groups is 3. The zero-order valence-corrected chi connectivity index (χ0v) is 16.3. The quantitative estimate of drug-likeness (QED) is 0.578. The van der Waals surface area contributed by atoms with Gasteiger partial charge in [-0.15, -0.1) is 0 Å². The molecule has 0 heterocycles. The van der Waals surface area contributed by atoms with Crippen molar-refractivity contribution in [1.82, 2.24) is 10.6 Å². The van der Waals surface area contributed by atoms with Gasteiger partial charge in [-0.05, 0) is 45.1 Å². The molecule has 0 fully saturated rings. The Morgan fingerprint density at radius 2 is 1.79 bits per heavy atom. The van der Waals surface area contributed by atoms with Crippen molar-refractivity contribution in [2.75, 3.05) is 12.0 Å². The zero-order chi connectivity index (χ0) is 18.9. The molecule has 0 bridgehead atoms. The molecule has 0 saturated carbocycles. The SMILES string of the molecule is CC[C@H](C)[C@@H](NC(=O)OC(C)(C)C)C(=O)N[C@@H](CCSC)C(N)=O. The smallest absolute Gasteiger partial charge is 0.408 e. The molecule has 0 aromatic rings. The molecule has 0 rings (SSSR count). The first-order chi connectivity index (χ1) is 11.0. The van der Waals surface area contributed by atoms with Crippen LogP contribution in [0.5, 0.6) is 0 Å². The molecule has 0 spiro atoms. The van der Waals surface area contributed by atoms with Crippen LogP contribution in [-0.2, 0) is 14.3 Å². The molecule has 24 heavy (non-hydrogen) atoms. The van der Waals surface area contributed by atoms with Gasteiger partial charge in [0.15, 0.2) is 0 Å². The average molecular weight is 362 g/mol. The summed E-state index contributed by atoms with van der Waals surface area (Å²) >= 11 is 1.56. The second kappa shape index (κ2) is 10.4. The molecule has 3 atom stereocenters. The van der Waals surface area contributed by atoms with Gasteiger partial charge >= 0.3 is 6.09 Å². The van der Waals surface area contributed by atoms with Gasteiger partial charge in [0, 0.05) is 0 Å². The number of nitrogens with one attached hydrogen (secondary N) is 2. The number of rotatable bonds is 9. The minimum absolute atomic E-state index is 0.119. The number of nitrogens with two attached hydrogens (primary N) is 1. The fourth-order valence-corrected chi connectivity index (χ4v) is 2.39. The predicted octanol–water partition coefficient (Wildman–Crippen LogP) is 1.65. The number of amides is 3. The molecular weight excluding hydrogens is 330 g/mol. The highest BCUT2D eigenvalue weighted by atomic mass is 32.2. The summed E-state index contributed by atoms with van der Waals surface area (Å²) in [7, 11) is 0. The number of thioether (sulfide) groups is 1. The van der Waals surface area contributed by atoms with Crippen LogP contribution in [0.1, 0.15) is 47.5 Å². The van der Waals surface area contributed by atoms with E-state index in [0.29, 0.717) is 18.6 Å². The number of primary amides is 1. The Morgan fingerprint density at radius 1 is 1.21 bits per heavy atom. The first kappa shape index (κ1) is 22.6. The molecule has 0 unspecified atom stereocenters. The Hall–Kier alpha value is -1.44. The van der Waals surface area contributed by atoms with E-state index in [1.165, 1.54) is 0 Å². The van der Waals surface area contributed by atoms with Gasteiger partial charge in [-0.3, -0.25) is 9.59 Å². The van der Waals surface area contributed by atoms with E-state index in [-0.39, 0.29) is 5.92 Å². The summed E-state index contributed by atoms with van der Waals surface area (Å²) < 4.78 is 5.21. The van der Waals surface area contributed by atoms with Crippen LogP contribution in [0.4, 0.5) is 4.79 Å². The van der Waals surface area contributed by atoms with E-state index in [1.807, 2.05) is 20.1 Å². The van der Waals surface area contributed by atoms with Gasteiger partial charge < -0.3 is 21.1 Å². The van der Waals surface area contributed by atoms with Gasteiger partial charge in [0.1, 0.15) is 17.7 Å². The molecule has 3 amide bonds. The van der Waals surface area contributed by atoms with Gasteiger partial charge in [0.2, 0.25) is 11.8 Å². The van der Waals surface area contributed by atoms with Crippen molar-refractivity contribution in [2.45, 2.75) is 65.1 Å². The predicted molar refractivity (Wildman–Crippen MR) is 96.7 cm³/mol. The lowest BCUT2D eigenvalue weighted by molar-refractivity contribution is -0.129. The summed E-state index contributed by atoms with van der Waals surface area (Å²) in [5.41, 5.74) is 4.69. The Labute approximate surface area is 148 Å². The second-order valence-corrected chi connectivity index (χ2v) is 7.74. The van der Waals surface area contributed by atoms with Crippen LogP contribution in [-0.4, -0.2) is 47.6 Å². The lowest BCUT2D eigenvalue weighted by Crippen LogP contribution is -2.55. The fraction of sp³-hybridized carbons (Fsp3) is 0.812. The Bertz CT molecular complexity index is 438. The highest BCUT2D eigenvalue weighted by molar-refractivity contribution is 7.98. The van der Waals surface area contributed by atoms with Crippen LogP contribution in [0, 0.1) is 5.92 Å². The van der Waals surface area contributed by atoms with Crippen molar-refractivity contribution in [2.24, 2.45) is 11.7 Å². The molecule has 140 valence electrons. The third kappa shape index (κ3) is 9.00. The Morgan fingerprint density at radius 3 is 2.21 bits per heavy atom. The van der Waals surface area contributed by atoms with Gasteiger partial charge in [-0.2, -0.15) is 11.8 Å². The van der Waals surface area contributed by atoms with Gasteiger partial charge in [-0.25, -0.2) is 4.79 Å². The molecule has 8 heteroatoms. The fourth-order valence-electron chi connectivity index (χ4n) is 1.92. The summed E-state index contributed by atoms with van der Waals surface area (Å²) in [4.78, 5) is 36.0. The minimum Gasteiger partial charge on any atom is -0.444 e. The molecule has 4 N–H and O–H groups in total. The molecule has 0 radical (unpaired) electrons. The minimum atomic E-state index is -0.791. The van der Waals surface area contributed by atoms with E-state index in [0.717, 1.165) is 0 Å². The second-order valence-electron chi connectivity index (χ2n) is 6.75. The van der Waals surface area contributed by atoms with Crippen LogP contribution in [0.2, 0.25) is 0 Å². The third-order valence-corrected chi connectivity index (χ3v) is 4.08. The van der Waals surface area contributed by atoms with E-state index in [4.69, 9.17) is 10.5 Å². The van der Waals surface area contributed by atoms with Gasteiger partial charge in [0.25, 0.3) is 0 Å². The van der Waals surface area contributed by atoms with Crippen molar-refractivity contribution in [1.29, 1.82) is 0 Å². The summed E-state index contributed by atoms with van der Waals surface area (Å²) in [5, 5.41) is 5.23. The third-order valence-electron chi connectivity index (χ3n) is 3.44. The highest BCUT2D eigenvalue weighted by Crippen LogP contribution is 2.12. The molecular formula is C16H31N3O4S. The molecule has 0 saturated heterocycles. The largest absolute Gasteiger partial charge is 0.444 e. The molecule has 0 aliphatic rings. The lowest BCUT2D eigenvalue weighted by atomic mass is 9.98. The number of alkyl carbamates (subject to hydrolysis) is 1. The monoisotopic (exact) mass is 361 g/mol.